The molecule has 1 saturated heterocycles. The Kier molecular flexibility index (Phi) is 5.81. The van der Waals surface area contributed by atoms with Crippen molar-refractivity contribution in [2.24, 2.45) is 0 Å². The molecular formula is C20H25N5O2. The largest absolute Gasteiger partial charge is 0.335 e. The first-order chi connectivity index (χ1) is 12.9. The van der Waals surface area contributed by atoms with Gasteiger partial charge in [-0.25, -0.2) is 4.98 Å². The maximum Gasteiger partial charge on any atom is 0.274 e. The van der Waals surface area contributed by atoms with Gasteiger partial charge in [0.1, 0.15) is 5.69 Å². The first-order valence-electron chi connectivity index (χ1n) is 9.10. The summed E-state index contributed by atoms with van der Waals surface area (Å²) in [5.74, 6) is -0.140. The van der Waals surface area contributed by atoms with Gasteiger partial charge in [0.25, 0.3) is 5.91 Å². The van der Waals surface area contributed by atoms with Gasteiger partial charge in [0.15, 0.2) is 0 Å². The highest BCUT2D eigenvalue weighted by Gasteiger charge is 2.24. The number of carbonyl (C=O) groups excluding carboxylic acids is 2. The SMILES string of the molecule is Cc1cnc(C(=O)N2CCN(CC(=O)Nc3c(C)cccc3C)CC2)cn1. The molecule has 7 nitrogen and oxygen atoms in total. The van der Waals surface area contributed by atoms with Gasteiger partial charge in [0, 0.05) is 38.1 Å². The molecule has 27 heavy (non-hydrogen) atoms. The van der Waals surface area contributed by atoms with E-state index < -0.39 is 0 Å². The zero-order chi connectivity index (χ0) is 19.4. The predicted octanol–water partition coefficient (Wildman–Crippen LogP) is 1.80. The van der Waals surface area contributed by atoms with Crippen molar-refractivity contribution in [1.29, 1.82) is 0 Å². The molecule has 1 aromatic heterocycles. The third-order valence-electron chi connectivity index (χ3n) is 4.77. The minimum Gasteiger partial charge on any atom is -0.335 e. The summed E-state index contributed by atoms with van der Waals surface area (Å²) >= 11 is 0. The number of benzene rings is 1. The summed E-state index contributed by atoms with van der Waals surface area (Å²) < 4.78 is 0. The molecule has 7 heteroatoms. The lowest BCUT2D eigenvalue weighted by Crippen LogP contribution is -2.50. The molecule has 2 aromatic rings. The van der Waals surface area contributed by atoms with Crippen LogP contribution in [0.1, 0.15) is 27.3 Å². The van der Waals surface area contributed by atoms with E-state index in [0.717, 1.165) is 22.5 Å². The van der Waals surface area contributed by atoms with Crippen LogP contribution in [0.4, 0.5) is 5.69 Å². The molecule has 0 saturated carbocycles. The number of nitrogens with one attached hydrogen (secondary N) is 1. The van der Waals surface area contributed by atoms with E-state index >= 15 is 0 Å². The summed E-state index contributed by atoms with van der Waals surface area (Å²) in [4.78, 5) is 37.0. The van der Waals surface area contributed by atoms with E-state index in [2.05, 4.69) is 20.2 Å². The lowest BCUT2D eigenvalue weighted by atomic mass is 10.1. The molecule has 2 heterocycles. The van der Waals surface area contributed by atoms with Crippen LogP contribution in [0.15, 0.2) is 30.6 Å². The van der Waals surface area contributed by atoms with Gasteiger partial charge in [0.05, 0.1) is 18.4 Å². The topological polar surface area (TPSA) is 78.4 Å². The van der Waals surface area contributed by atoms with Crippen molar-refractivity contribution >= 4 is 17.5 Å². The van der Waals surface area contributed by atoms with Crippen LogP contribution in [-0.2, 0) is 4.79 Å². The highest BCUT2D eigenvalue weighted by molar-refractivity contribution is 5.94. The van der Waals surface area contributed by atoms with Gasteiger partial charge < -0.3 is 10.2 Å². The van der Waals surface area contributed by atoms with E-state index in [4.69, 9.17) is 0 Å². The molecule has 1 aromatic carbocycles. The number of piperazine rings is 1. The molecule has 0 spiro atoms. The summed E-state index contributed by atoms with van der Waals surface area (Å²) in [5.41, 5.74) is 4.14. The fourth-order valence-corrected chi connectivity index (χ4v) is 3.17. The van der Waals surface area contributed by atoms with Gasteiger partial charge >= 0.3 is 0 Å². The van der Waals surface area contributed by atoms with Crippen LogP contribution in [0.5, 0.6) is 0 Å². The maximum absolute atomic E-state index is 12.5. The smallest absolute Gasteiger partial charge is 0.274 e. The Balaban J connectivity index is 1.51. The second-order valence-corrected chi connectivity index (χ2v) is 6.93. The quantitative estimate of drug-likeness (QED) is 0.891. The Morgan fingerprint density at radius 1 is 1.00 bits per heavy atom. The minimum absolute atomic E-state index is 0.0309. The first kappa shape index (κ1) is 19.0. The van der Waals surface area contributed by atoms with Crippen LogP contribution in [0.3, 0.4) is 0 Å². The summed E-state index contributed by atoms with van der Waals surface area (Å²) in [6, 6.07) is 5.96. The highest BCUT2D eigenvalue weighted by Crippen LogP contribution is 2.19. The molecular weight excluding hydrogens is 342 g/mol. The van der Waals surface area contributed by atoms with Gasteiger partial charge in [-0.15, -0.1) is 0 Å². The molecule has 0 atom stereocenters. The van der Waals surface area contributed by atoms with Crippen molar-refractivity contribution in [3.8, 4) is 0 Å². The van der Waals surface area contributed by atoms with E-state index in [0.29, 0.717) is 38.4 Å². The summed E-state index contributed by atoms with van der Waals surface area (Å²) in [7, 11) is 0. The molecule has 1 N–H and O–H groups in total. The third-order valence-corrected chi connectivity index (χ3v) is 4.77. The molecule has 0 unspecified atom stereocenters. The molecule has 1 aliphatic rings. The van der Waals surface area contributed by atoms with Crippen LogP contribution in [0, 0.1) is 20.8 Å². The number of hydrogen-bond donors (Lipinski definition) is 1. The Bertz CT molecular complexity index is 807. The van der Waals surface area contributed by atoms with Crippen LogP contribution in [0.2, 0.25) is 0 Å². The average molecular weight is 367 g/mol. The standard InChI is InChI=1S/C20H25N5O2/c1-14-5-4-6-15(2)19(14)23-18(26)13-24-7-9-25(10-8-24)20(27)17-12-21-16(3)11-22-17/h4-6,11-12H,7-10,13H2,1-3H3,(H,23,26). The van der Waals surface area contributed by atoms with Crippen molar-refractivity contribution in [2.75, 3.05) is 38.0 Å². The van der Waals surface area contributed by atoms with Crippen molar-refractivity contribution in [1.82, 2.24) is 19.8 Å². The van der Waals surface area contributed by atoms with E-state index in [1.807, 2.05) is 39.0 Å². The molecule has 3 rings (SSSR count). The predicted molar refractivity (Wildman–Crippen MR) is 104 cm³/mol. The van der Waals surface area contributed by atoms with E-state index in [1.54, 1.807) is 11.1 Å². The Hall–Kier alpha value is -2.80. The molecule has 2 amide bonds. The highest BCUT2D eigenvalue weighted by atomic mass is 16.2. The third kappa shape index (κ3) is 4.68. The number of amides is 2. The van der Waals surface area contributed by atoms with Crippen LogP contribution < -0.4 is 5.32 Å². The minimum atomic E-state index is -0.109. The Morgan fingerprint density at radius 2 is 1.67 bits per heavy atom. The molecule has 0 radical (unpaired) electrons. The van der Waals surface area contributed by atoms with E-state index in [-0.39, 0.29) is 11.8 Å². The Morgan fingerprint density at radius 3 is 2.26 bits per heavy atom. The van der Waals surface area contributed by atoms with Crippen LogP contribution in [-0.4, -0.2) is 64.3 Å². The average Bonchev–Trinajstić information content (AvgIpc) is 2.65. The maximum atomic E-state index is 12.5. The van der Waals surface area contributed by atoms with Crippen LogP contribution >= 0.6 is 0 Å². The fraction of sp³-hybridized carbons (Fsp3) is 0.400. The normalized spacial score (nSPS) is 14.9. The number of rotatable bonds is 4. The molecule has 1 fully saturated rings. The first-order valence-corrected chi connectivity index (χ1v) is 9.10. The number of carbonyl (C=O) groups is 2. The zero-order valence-corrected chi connectivity index (χ0v) is 16.0. The molecule has 142 valence electrons. The van der Waals surface area contributed by atoms with Crippen molar-refractivity contribution in [3.63, 3.8) is 0 Å². The number of nitrogens with zero attached hydrogens (tertiary/aromatic N) is 4. The number of para-hydroxylation sites is 1. The number of aryl methyl sites for hydroxylation is 3. The van der Waals surface area contributed by atoms with Crippen LogP contribution in [0.25, 0.3) is 0 Å². The van der Waals surface area contributed by atoms with Crippen molar-refractivity contribution < 1.29 is 9.59 Å². The summed E-state index contributed by atoms with van der Waals surface area (Å²) in [6.07, 6.45) is 3.11. The second kappa shape index (κ2) is 8.26. The van der Waals surface area contributed by atoms with Gasteiger partial charge in [-0.3, -0.25) is 19.5 Å². The van der Waals surface area contributed by atoms with Crippen molar-refractivity contribution in [3.05, 3.63) is 53.1 Å². The van der Waals surface area contributed by atoms with Gasteiger partial charge in [-0.05, 0) is 31.9 Å². The summed E-state index contributed by atoms with van der Waals surface area (Å²) in [5, 5.41) is 3.01. The molecule has 0 bridgehead atoms. The lowest BCUT2D eigenvalue weighted by molar-refractivity contribution is -0.117. The number of aromatic nitrogens is 2. The monoisotopic (exact) mass is 367 g/mol. The van der Waals surface area contributed by atoms with Gasteiger partial charge in [-0.1, -0.05) is 18.2 Å². The van der Waals surface area contributed by atoms with Gasteiger partial charge in [0.2, 0.25) is 5.91 Å². The second-order valence-electron chi connectivity index (χ2n) is 6.93. The van der Waals surface area contributed by atoms with Gasteiger partial charge in [-0.2, -0.15) is 0 Å². The molecule has 1 aliphatic heterocycles. The van der Waals surface area contributed by atoms with E-state index in [1.165, 1.54) is 6.20 Å². The summed E-state index contributed by atoms with van der Waals surface area (Å²) in [6.45, 7) is 8.60. The Labute approximate surface area is 159 Å². The van der Waals surface area contributed by atoms with Crippen molar-refractivity contribution in [2.45, 2.75) is 20.8 Å². The fourth-order valence-electron chi connectivity index (χ4n) is 3.17. The number of hydrogen-bond acceptors (Lipinski definition) is 5. The number of anilines is 1. The molecule has 0 aliphatic carbocycles. The lowest BCUT2D eigenvalue weighted by Gasteiger charge is -2.34. The zero-order valence-electron chi connectivity index (χ0n) is 16.0. The van der Waals surface area contributed by atoms with E-state index in [9.17, 15) is 9.59 Å².